The Hall–Kier alpha value is -4.37. The number of thiazole rings is 1. The van der Waals surface area contributed by atoms with Crippen LogP contribution in [0.5, 0.6) is 0 Å². The number of rotatable bonds is 7. The predicted molar refractivity (Wildman–Crippen MR) is 151 cm³/mol. The van der Waals surface area contributed by atoms with Crippen molar-refractivity contribution in [3.63, 3.8) is 0 Å². The van der Waals surface area contributed by atoms with Crippen LogP contribution in [0.25, 0.3) is 32.7 Å². The van der Waals surface area contributed by atoms with E-state index in [1.54, 1.807) is 6.92 Å². The first-order chi connectivity index (χ1) is 19.6. The normalized spacial score (nSPS) is 12.8. The smallest absolute Gasteiger partial charge is 0.434 e. The second-order valence-corrected chi connectivity index (χ2v) is 11.2. The average Bonchev–Trinajstić information content (AvgIpc) is 3.40. The molecule has 0 fully saturated rings. The number of halogens is 3. The highest BCUT2D eigenvalue weighted by molar-refractivity contribution is 7.13. The molecule has 1 atom stereocenters. The number of alkyl halides is 3. The van der Waals surface area contributed by atoms with Crippen LogP contribution in [0.3, 0.4) is 0 Å². The third-order valence-electron chi connectivity index (χ3n) is 6.44. The van der Waals surface area contributed by atoms with Crippen LogP contribution in [0, 0.1) is 5.41 Å². The molecule has 4 aromatic heterocycles. The van der Waals surface area contributed by atoms with E-state index in [0.717, 1.165) is 5.38 Å². The van der Waals surface area contributed by atoms with Crippen LogP contribution in [0.4, 0.5) is 23.8 Å². The number of amides is 2. The van der Waals surface area contributed by atoms with E-state index in [-0.39, 0.29) is 45.2 Å². The van der Waals surface area contributed by atoms with Crippen LogP contribution in [-0.4, -0.2) is 54.9 Å². The van der Waals surface area contributed by atoms with Crippen LogP contribution >= 0.6 is 11.3 Å². The molecule has 4 N–H and O–H groups in total. The third-order valence-corrected chi connectivity index (χ3v) is 7.32. The third kappa shape index (κ3) is 6.11. The zero-order valence-corrected chi connectivity index (χ0v) is 23.7. The lowest BCUT2D eigenvalue weighted by Gasteiger charge is -2.32. The Kier molecular flexibility index (Phi) is 8.36. The quantitative estimate of drug-likeness (QED) is 0.229. The molecular formula is C27H27F3N6O5S. The molecule has 0 unspecified atom stereocenters. The molecule has 11 nitrogen and oxygen atoms in total. The minimum atomic E-state index is -4.69. The van der Waals surface area contributed by atoms with Crippen LogP contribution in [0.15, 0.2) is 40.9 Å². The fourth-order valence-corrected chi connectivity index (χ4v) is 5.19. The van der Waals surface area contributed by atoms with Gasteiger partial charge in [-0.1, -0.05) is 20.8 Å². The molecule has 0 saturated carbocycles. The summed E-state index contributed by atoms with van der Waals surface area (Å²) in [6.45, 7) is 7.20. The minimum absolute atomic E-state index is 0.0238. The van der Waals surface area contributed by atoms with Gasteiger partial charge in [-0.05, 0) is 24.5 Å². The maximum absolute atomic E-state index is 13.4. The topological polar surface area (TPSA) is 159 Å². The second-order valence-electron chi connectivity index (χ2n) is 10.4. The Balaban J connectivity index is 1.97. The average molecular weight is 605 g/mol. The van der Waals surface area contributed by atoms with Gasteiger partial charge in [0, 0.05) is 35.4 Å². The van der Waals surface area contributed by atoms with Crippen molar-refractivity contribution in [2.45, 2.75) is 39.9 Å². The lowest BCUT2D eigenvalue weighted by molar-refractivity contribution is -0.140. The summed E-state index contributed by atoms with van der Waals surface area (Å²) >= 11 is 0.715. The van der Waals surface area contributed by atoms with E-state index in [9.17, 15) is 37.8 Å². The standard InChI is InChI=1S/C27H27F3N6O5S/c1-5-31-25(41)35-21-7-13(23-34-19(12-42-23)27(28,29)30)15(8-33-21)17-6-14-18(9-32-17)36(20(11-37)26(2,3)4)10-16(22(14)38)24(39)40/h6-10,12,20,37H,5,11H2,1-4H3,(H,39,40)(H2,31,33,35,41)/t20-/m1/s1. The van der Waals surface area contributed by atoms with Crippen molar-refractivity contribution in [1.82, 2.24) is 24.8 Å². The summed E-state index contributed by atoms with van der Waals surface area (Å²) in [7, 11) is 0. The van der Waals surface area contributed by atoms with Crippen molar-refractivity contribution in [3.05, 3.63) is 57.6 Å². The van der Waals surface area contributed by atoms with Crippen molar-refractivity contribution in [1.29, 1.82) is 0 Å². The first kappa shape index (κ1) is 30.6. The van der Waals surface area contributed by atoms with Crippen LogP contribution in [-0.2, 0) is 6.18 Å². The Morgan fingerprint density at radius 2 is 1.83 bits per heavy atom. The number of nitrogens with zero attached hydrogens (tertiary/aromatic N) is 4. The Bertz CT molecular complexity index is 1730. The van der Waals surface area contributed by atoms with E-state index in [4.69, 9.17) is 0 Å². The van der Waals surface area contributed by atoms with E-state index < -0.39 is 46.3 Å². The van der Waals surface area contributed by atoms with Crippen LogP contribution in [0.2, 0.25) is 0 Å². The second kappa shape index (κ2) is 11.5. The Labute approximate surface area is 241 Å². The van der Waals surface area contributed by atoms with Crippen molar-refractivity contribution in [2.24, 2.45) is 5.41 Å². The monoisotopic (exact) mass is 604 g/mol. The molecule has 2 amide bonds. The molecule has 0 aromatic carbocycles. The maximum Gasteiger partial charge on any atom is 0.434 e. The molecule has 4 rings (SSSR count). The van der Waals surface area contributed by atoms with Gasteiger partial charge in [-0.25, -0.2) is 19.6 Å². The van der Waals surface area contributed by atoms with Gasteiger partial charge in [0.2, 0.25) is 5.43 Å². The summed E-state index contributed by atoms with van der Waals surface area (Å²) in [5.74, 6) is -1.44. The number of carboxylic acid groups (broad SMARTS) is 1. The fourth-order valence-electron chi connectivity index (χ4n) is 4.34. The van der Waals surface area contributed by atoms with E-state index in [1.807, 2.05) is 20.8 Å². The number of carbonyl (C=O) groups excluding carboxylic acids is 1. The summed E-state index contributed by atoms with van der Waals surface area (Å²) in [6, 6.07) is 1.46. The molecule has 0 radical (unpaired) electrons. The van der Waals surface area contributed by atoms with Gasteiger partial charge in [-0.2, -0.15) is 13.2 Å². The predicted octanol–water partition coefficient (Wildman–Crippen LogP) is 5.02. The highest BCUT2D eigenvalue weighted by Crippen LogP contribution is 2.39. The summed E-state index contributed by atoms with van der Waals surface area (Å²) in [5.41, 5.74) is -2.32. The van der Waals surface area contributed by atoms with Crippen molar-refractivity contribution in [3.8, 4) is 21.8 Å². The van der Waals surface area contributed by atoms with Gasteiger partial charge in [0.05, 0.1) is 35.4 Å². The largest absolute Gasteiger partial charge is 0.477 e. The van der Waals surface area contributed by atoms with E-state index in [2.05, 4.69) is 25.6 Å². The lowest BCUT2D eigenvalue weighted by atomic mass is 9.86. The highest BCUT2D eigenvalue weighted by atomic mass is 32.1. The zero-order chi connectivity index (χ0) is 31.0. The highest BCUT2D eigenvalue weighted by Gasteiger charge is 2.34. The number of pyridine rings is 3. The summed E-state index contributed by atoms with van der Waals surface area (Å²) in [4.78, 5) is 49.7. The van der Waals surface area contributed by atoms with Gasteiger partial charge in [0.1, 0.15) is 16.4 Å². The number of carbonyl (C=O) groups is 2. The molecule has 0 aliphatic heterocycles. The summed E-state index contributed by atoms with van der Waals surface area (Å²) < 4.78 is 41.6. The number of aliphatic hydroxyl groups is 1. The van der Waals surface area contributed by atoms with E-state index in [0.29, 0.717) is 17.9 Å². The number of aromatic carboxylic acids is 1. The van der Waals surface area contributed by atoms with E-state index in [1.165, 1.54) is 35.3 Å². The molecule has 0 saturated heterocycles. The van der Waals surface area contributed by atoms with Gasteiger partial charge >= 0.3 is 18.2 Å². The molecule has 0 spiro atoms. The SMILES string of the molecule is CCNC(=O)Nc1cc(-c2nc(C(F)(F)F)cs2)c(-c2cc3c(=O)c(C(=O)O)cn([C@H](CO)C(C)(C)C)c3cn2)cn1. The first-order valence-corrected chi connectivity index (χ1v) is 13.5. The van der Waals surface area contributed by atoms with Crippen molar-refractivity contribution < 1.29 is 33.0 Å². The molecule has 42 heavy (non-hydrogen) atoms. The van der Waals surface area contributed by atoms with Gasteiger partial charge in [-0.3, -0.25) is 15.1 Å². The summed E-state index contributed by atoms with van der Waals surface area (Å²) in [6.07, 6.45) is -0.923. The molecular weight excluding hydrogens is 577 g/mol. The van der Waals surface area contributed by atoms with Gasteiger partial charge < -0.3 is 20.1 Å². The number of carboxylic acids is 1. The zero-order valence-electron chi connectivity index (χ0n) is 22.9. The Morgan fingerprint density at radius 1 is 1.12 bits per heavy atom. The molecule has 222 valence electrons. The number of urea groups is 1. The van der Waals surface area contributed by atoms with Crippen molar-refractivity contribution in [2.75, 3.05) is 18.5 Å². The molecule has 4 aromatic rings. The molecule has 0 aliphatic rings. The number of fused-ring (bicyclic) bond motifs is 1. The number of anilines is 1. The molecule has 0 aliphatic carbocycles. The minimum Gasteiger partial charge on any atom is -0.477 e. The van der Waals surface area contributed by atoms with E-state index >= 15 is 0 Å². The van der Waals surface area contributed by atoms with Crippen LogP contribution < -0.4 is 16.1 Å². The Morgan fingerprint density at radius 3 is 2.40 bits per heavy atom. The number of aliphatic hydroxyl groups excluding tert-OH is 1. The van der Waals surface area contributed by atoms with Gasteiger partial charge in [-0.15, -0.1) is 11.3 Å². The van der Waals surface area contributed by atoms with Gasteiger partial charge in [0.25, 0.3) is 0 Å². The lowest BCUT2D eigenvalue weighted by Crippen LogP contribution is -2.30. The molecule has 0 bridgehead atoms. The van der Waals surface area contributed by atoms with Crippen LogP contribution in [0.1, 0.15) is 49.8 Å². The fraction of sp³-hybridized carbons (Fsp3) is 0.333. The van der Waals surface area contributed by atoms with Gasteiger partial charge in [0.15, 0.2) is 5.69 Å². The number of aromatic nitrogens is 4. The first-order valence-electron chi connectivity index (χ1n) is 12.6. The number of nitrogens with one attached hydrogen (secondary N) is 2. The summed E-state index contributed by atoms with van der Waals surface area (Å²) in [5, 5.41) is 25.7. The number of hydrogen-bond donors (Lipinski definition) is 4. The molecule has 4 heterocycles. The van der Waals surface area contributed by atoms with Crippen molar-refractivity contribution >= 4 is 40.1 Å². The molecule has 15 heteroatoms. The number of hydrogen-bond acceptors (Lipinski definition) is 8. The maximum atomic E-state index is 13.4.